The standard InChI is InChI=1S/C13H24O2/c1-2-11-3-5-12(6-4-11)15-13-7-9-14-10-8-13/h11-13H,2-10H2,1H3. The van der Waals surface area contributed by atoms with Crippen molar-refractivity contribution in [3.05, 3.63) is 0 Å². The van der Waals surface area contributed by atoms with Gasteiger partial charge in [-0.3, -0.25) is 0 Å². The number of rotatable bonds is 3. The molecule has 0 atom stereocenters. The third-order valence-corrected chi connectivity index (χ3v) is 3.92. The van der Waals surface area contributed by atoms with Gasteiger partial charge in [0.2, 0.25) is 0 Å². The molecule has 2 aliphatic rings. The largest absolute Gasteiger partial charge is 0.381 e. The monoisotopic (exact) mass is 212 g/mol. The molecule has 1 saturated heterocycles. The highest BCUT2D eigenvalue weighted by Crippen LogP contribution is 2.29. The topological polar surface area (TPSA) is 18.5 Å². The number of hydrogen-bond acceptors (Lipinski definition) is 2. The summed E-state index contributed by atoms with van der Waals surface area (Å²) in [6.45, 7) is 4.11. The highest BCUT2D eigenvalue weighted by atomic mass is 16.5. The lowest BCUT2D eigenvalue weighted by atomic mass is 9.86. The van der Waals surface area contributed by atoms with Crippen molar-refractivity contribution < 1.29 is 9.47 Å². The van der Waals surface area contributed by atoms with Crippen molar-refractivity contribution in [3.63, 3.8) is 0 Å². The van der Waals surface area contributed by atoms with Crippen molar-refractivity contribution in [1.82, 2.24) is 0 Å². The Balaban J connectivity index is 1.67. The second-order valence-corrected chi connectivity index (χ2v) is 5.00. The van der Waals surface area contributed by atoms with E-state index in [4.69, 9.17) is 9.47 Å². The average Bonchev–Trinajstić information content (AvgIpc) is 2.31. The molecule has 2 rings (SSSR count). The van der Waals surface area contributed by atoms with Crippen LogP contribution in [-0.4, -0.2) is 25.4 Å². The average molecular weight is 212 g/mol. The summed E-state index contributed by atoms with van der Waals surface area (Å²) in [5.74, 6) is 0.972. The van der Waals surface area contributed by atoms with E-state index in [1.807, 2.05) is 0 Å². The van der Waals surface area contributed by atoms with E-state index in [0.717, 1.165) is 32.0 Å². The lowest BCUT2D eigenvalue weighted by Crippen LogP contribution is -2.30. The van der Waals surface area contributed by atoms with Crippen LogP contribution in [0.5, 0.6) is 0 Å². The Labute approximate surface area is 93.3 Å². The van der Waals surface area contributed by atoms with Crippen molar-refractivity contribution >= 4 is 0 Å². The van der Waals surface area contributed by atoms with Crippen molar-refractivity contribution in [2.24, 2.45) is 5.92 Å². The molecule has 0 aromatic carbocycles. The number of ether oxygens (including phenoxy) is 2. The van der Waals surface area contributed by atoms with E-state index in [1.54, 1.807) is 0 Å². The summed E-state index contributed by atoms with van der Waals surface area (Å²) < 4.78 is 11.5. The van der Waals surface area contributed by atoms with Crippen molar-refractivity contribution in [3.8, 4) is 0 Å². The molecular formula is C13H24O2. The van der Waals surface area contributed by atoms with Gasteiger partial charge in [0.25, 0.3) is 0 Å². The molecule has 0 spiro atoms. The maximum Gasteiger partial charge on any atom is 0.0622 e. The molecule has 0 radical (unpaired) electrons. The van der Waals surface area contributed by atoms with Crippen LogP contribution in [0.15, 0.2) is 0 Å². The summed E-state index contributed by atoms with van der Waals surface area (Å²) in [5.41, 5.74) is 0. The van der Waals surface area contributed by atoms with Crippen LogP contribution < -0.4 is 0 Å². The zero-order valence-corrected chi connectivity index (χ0v) is 9.91. The molecule has 0 N–H and O–H groups in total. The van der Waals surface area contributed by atoms with E-state index >= 15 is 0 Å². The second-order valence-electron chi connectivity index (χ2n) is 5.00. The highest BCUT2D eigenvalue weighted by Gasteiger charge is 2.24. The van der Waals surface area contributed by atoms with Gasteiger partial charge < -0.3 is 9.47 Å². The Hall–Kier alpha value is -0.0800. The third-order valence-electron chi connectivity index (χ3n) is 3.92. The second kappa shape index (κ2) is 5.86. The fourth-order valence-electron chi connectivity index (χ4n) is 2.76. The fraction of sp³-hybridized carbons (Fsp3) is 1.00. The molecule has 1 heterocycles. The first kappa shape index (κ1) is 11.4. The van der Waals surface area contributed by atoms with Crippen LogP contribution in [0.1, 0.15) is 51.9 Å². The van der Waals surface area contributed by atoms with E-state index in [2.05, 4.69) is 6.92 Å². The lowest BCUT2D eigenvalue weighted by Gasteiger charge is -2.32. The van der Waals surface area contributed by atoms with E-state index in [0.29, 0.717) is 12.2 Å². The quantitative estimate of drug-likeness (QED) is 0.715. The zero-order chi connectivity index (χ0) is 10.5. The molecule has 0 unspecified atom stereocenters. The molecule has 2 nitrogen and oxygen atoms in total. The highest BCUT2D eigenvalue weighted by molar-refractivity contribution is 4.74. The van der Waals surface area contributed by atoms with Crippen molar-refractivity contribution in [1.29, 1.82) is 0 Å². The molecule has 1 saturated carbocycles. The van der Waals surface area contributed by atoms with Crippen LogP contribution in [-0.2, 0) is 9.47 Å². The maximum atomic E-state index is 6.15. The van der Waals surface area contributed by atoms with Gasteiger partial charge in [-0.05, 0) is 44.4 Å². The zero-order valence-electron chi connectivity index (χ0n) is 9.91. The first-order valence-electron chi connectivity index (χ1n) is 6.61. The smallest absolute Gasteiger partial charge is 0.0622 e. The van der Waals surface area contributed by atoms with E-state index < -0.39 is 0 Å². The predicted octanol–water partition coefficient (Wildman–Crippen LogP) is 3.15. The van der Waals surface area contributed by atoms with Gasteiger partial charge in [-0.25, -0.2) is 0 Å². The van der Waals surface area contributed by atoms with Gasteiger partial charge in [-0.2, -0.15) is 0 Å². The van der Waals surface area contributed by atoms with Gasteiger partial charge in [0.1, 0.15) is 0 Å². The molecule has 1 aliphatic heterocycles. The minimum Gasteiger partial charge on any atom is -0.381 e. The van der Waals surface area contributed by atoms with Gasteiger partial charge in [0, 0.05) is 13.2 Å². The van der Waals surface area contributed by atoms with E-state index in [-0.39, 0.29) is 0 Å². The molecular weight excluding hydrogens is 188 g/mol. The normalized spacial score (nSPS) is 34.2. The molecule has 0 amide bonds. The molecule has 2 heteroatoms. The van der Waals surface area contributed by atoms with Crippen LogP contribution in [0.4, 0.5) is 0 Å². The molecule has 0 aromatic heterocycles. The Morgan fingerprint density at radius 3 is 2.13 bits per heavy atom. The van der Waals surface area contributed by atoms with E-state index in [1.165, 1.54) is 32.1 Å². The third kappa shape index (κ3) is 3.46. The molecule has 2 fully saturated rings. The van der Waals surface area contributed by atoms with Crippen LogP contribution in [0, 0.1) is 5.92 Å². The SMILES string of the molecule is CCC1CCC(OC2CCOCC2)CC1. The van der Waals surface area contributed by atoms with Crippen LogP contribution in [0.3, 0.4) is 0 Å². The summed E-state index contributed by atoms with van der Waals surface area (Å²) in [6, 6.07) is 0. The van der Waals surface area contributed by atoms with Crippen molar-refractivity contribution in [2.75, 3.05) is 13.2 Å². The molecule has 0 aromatic rings. The Morgan fingerprint density at radius 2 is 1.53 bits per heavy atom. The van der Waals surface area contributed by atoms with E-state index in [9.17, 15) is 0 Å². The Bertz CT molecular complexity index is 167. The molecule has 88 valence electrons. The molecule has 0 bridgehead atoms. The summed E-state index contributed by atoms with van der Waals surface area (Å²) >= 11 is 0. The lowest BCUT2D eigenvalue weighted by molar-refractivity contribution is -0.0818. The van der Waals surface area contributed by atoms with Crippen LogP contribution >= 0.6 is 0 Å². The summed E-state index contributed by atoms with van der Waals surface area (Å²) in [7, 11) is 0. The first-order valence-corrected chi connectivity index (χ1v) is 6.61. The van der Waals surface area contributed by atoms with Crippen LogP contribution in [0.25, 0.3) is 0 Å². The summed E-state index contributed by atoms with van der Waals surface area (Å²) in [5, 5.41) is 0. The van der Waals surface area contributed by atoms with Gasteiger partial charge in [-0.15, -0.1) is 0 Å². The molecule has 1 aliphatic carbocycles. The van der Waals surface area contributed by atoms with Gasteiger partial charge >= 0.3 is 0 Å². The van der Waals surface area contributed by atoms with Gasteiger partial charge in [0.05, 0.1) is 12.2 Å². The predicted molar refractivity (Wildman–Crippen MR) is 61.0 cm³/mol. The fourth-order valence-corrected chi connectivity index (χ4v) is 2.76. The van der Waals surface area contributed by atoms with Crippen molar-refractivity contribution in [2.45, 2.75) is 64.1 Å². The first-order chi connectivity index (χ1) is 7.38. The summed E-state index contributed by atoms with van der Waals surface area (Å²) in [4.78, 5) is 0. The molecule has 15 heavy (non-hydrogen) atoms. The Kier molecular flexibility index (Phi) is 4.45. The number of hydrogen-bond donors (Lipinski definition) is 0. The van der Waals surface area contributed by atoms with Gasteiger partial charge in [-0.1, -0.05) is 13.3 Å². The maximum absolute atomic E-state index is 6.15. The summed E-state index contributed by atoms with van der Waals surface area (Å²) in [6.07, 6.45) is 9.93. The minimum absolute atomic E-state index is 0.488. The minimum atomic E-state index is 0.488. The Morgan fingerprint density at radius 1 is 0.933 bits per heavy atom. The van der Waals surface area contributed by atoms with Crippen LogP contribution in [0.2, 0.25) is 0 Å². The van der Waals surface area contributed by atoms with Gasteiger partial charge in [0.15, 0.2) is 0 Å².